The number of hydrogen-bond acceptors (Lipinski definition) is 7. The first-order valence-electron chi connectivity index (χ1n) is 11.2. The molecule has 1 amide bonds. The number of benzene rings is 1. The van der Waals surface area contributed by atoms with Crippen molar-refractivity contribution in [2.45, 2.75) is 18.8 Å². The molecule has 1 aliphatic rings. The van der Waals surface area contributed by atoms with Crippen molar-refractivity contribution in [1.29, 1.82) is 0 Å². The Bertz CT molecular complexity index is 1800. The largest absolute Gasteiger partial charge is 0.383 e. The fourth-order valence-corrected chi connectivity index (χ4v) is 4.69. The molecule has 5 aromatic rings. The summed E-state index contributed by atoms with van der Waals surface area (Å²) in [5.41, 5.74) is 7.54. The van der Waals surface area contributed by atoms with Crippen molar-refractivity contribution in [2.75, 3.05) is 11.1 Å². The van der Waals surface area contributed by atoms with Gasteiger partial charge in [0.05, 0.1) is 11.3 Å². The Morgan fingerprint density at radius 1 is 1.19 bits per heavy atom. The van der Waals surface area contributed by atoms with Crippen molar-refractivity contribution >= 4 is 34.8 Å². The third kappa shape index (κ3) is 3.62. The zero-order valence-electron chi connectivity index (χ0n) is 19.3. The minimum atomic E-state index is -1.34. The number of nitrogens with one attached hydrogen (secondary N) is 2. The lowest BCUT2D eigenvalue weighted by Gasteiger charge is -2.22. The molecule has 12 heteroatoms. The van der Waals surface area contributed by atoms with Gasteiger partial charge in [0.15, 0.2) is 16.9 Å². The topological polar surface area (TPSA) is 144 Å². The van der Waals surface area contributed by atoms with Gasteiger partial charge in [-0.2, -0.15) is 0 Å². The molecular formula is C25H18ClFN8O2. The van der Waals surface area contributed by atoms with Gasteiger partial charge in [-0.05, 0) is 24.6 Å². The van der Waals surface area contributed by atoms with E-state index in [1.165, 1.54) is 24.4 Å². The Morgan fingerprint density at radius 2 is 2.03 bits per heavy atom. The van der Waals surface area contributed by atoms with Gasteiger partial charge < -0.3 is 20.4 Å². The van der Waals surface area contributed by atoms with Crippen LogP contribution in [0.2, 0.25) is 5.02 Å². The molecule has 5 heterocycles. The van der Waals surface area contributed by atoms with Crippen molar-refractivity contribution in [1.82, 2.24) is 29.3 Å². The van der Waals surface area contributed by atoms with Gasteiger partial charge in [-0.25, -0.2) is 24.3 Å². The quantitative estimate of drug-likeness (QED) is 0.333. The van der Waals surface area contributed by atoms with E-state index in [9.17, 15) is 14.0 Å². The molecule has 6 rings (SSSR count). The van der Waals surface area contributed by atoms with Gasteiger partial charge in [0.1, 0.15) is 33.6 Å². The summed E-state index contributed by atoms with van der Waals surface area (Å²) < 4.78 is 15.5. The lowest BCUT2D eigenvalue weighted by atomic mass is 9.81. The van der Waals surface area contributed by atoms with Crippen molar-refractivity contribution in [3.8, 4) is 11.5 Å². The molecule has 4 aromatic heterocycles. The van der Waals surface area contributed by atoms with Gasteiger partial charge in [0.2, 0.25) is 5.91 Å². The van der Waals surface area contributed by atoms with E-state index in [2.05, 4.69) is 25.3 Å². The molecule has 4 N–H and O–H groups in total. The van der Waals surface area contributed by atoms with E-state index < -0.39 is 16.8 Å². The first kappa shape index (κ1) is 22.8. The Hall–Kier alpha value is -4.64. The molecule has 184 valence electrons. The predicted octanol–water partition coefficient (Wildman–Crippen LogP) is 3.10. The normalized spacial score (nSPS) is 16.7. The van der Waals surface area contributed by atoms with Crippen molar-refractivity contribution in [2.24, 2.45) is 0 Å². The van der Waals surface area contributed by atoms with Crippen LogP contribution in [0.3, 0.4) is 0 Å². The molecule has 0 bridgehead atoms. The van der Waals surface area contributed by atoms with Crippen LogP contribution in [0, 0.1) is 5.82 Å². The van der Waals surface area contributed by atoms with Crippen LogP contribution in [-0.4, -0.2) is 35.2 Å². The highest BCUT2D eigenvalue weighted by Crippen LogP contribution is 2.44. The van der Waals surface area contributed by atoms with Crippen LogP contribution in [0.5, 0.6) is 0 Å². The lowest BCUT2D eigenvalue weighted by molar-refractivity contribution is -0.119. The van der Waals surface area contributed by atoms with Crippen molar-refractivity contribution in [3.05, 3.63) is 98.7 Å². The number of nitrogens with zero attached hydrogens (tertiary/aromatic N) is 5. The summed E-state index contributed by atoms with van der Waals surface area (Å²) in [6, 6.07) is 7.52. The van der Waals surface area contributed by atoms with Gasteiger partial charge >= 0.3 is 0 Å². The van der Waals surface area contributed by atoms with E-state index in [0.717, 1.165) is 5.56 Å². The van der Waals surface area contributed by atoms with Crippen LogP contribution in [-0.2, 0) is 16.6 Å². The Labute approximate surface area is 213 Å². The number of fused-ring (bicyclic) bond motifs is 2. The second kappa shape index (κ2) is 8.20. The zero-order valence-corrected chi connectivity index (χ0v) is 20.0. The van der Waals surface area contributed by atoms with Crippen LogP contribution in [0.15, 0.2) is 59.9 Å². The number of pyridine rings is 1. The lowest BCUT2D eigenvalue weighted by Crippen LogP contribution is -2.34. The molecule has 1 atom stereocenters. The number of carbonyl (C=O) groups is 1. The molecule has 37 heavy (non-hydrogen) atoms. The average molecular weight is 517 g/mol. The standard InChI is InChI=1S/C25H18ClFN8O2/c1-25(18-9-17(36)14(26)10-30-18)19-20(28)32-21(33-22(19)34-24(25)37)16-11-35-6-5-29-23(35)15(31-16)8-12-3-2-4-13(27)7-12/h2-7,9-11H,8H2,1H3,(H,30,36)(H3,28,32,33,34,37)/t25-/m1/s1. The summed E-state index contributed by atoms with van der Waals surface area (Å²) in [4.78, 5) is 46.3. The minimum Gasteiger partial charge on any atom is -0.383 e. The SMILES string of the molecule is C[C@]1(c2cc(=O)c(Cl)c[nH]2)C(=O)Nc2nc(-c3cn4ccnc4c(Cc4cccc(F)c4)n3)nc(N)c21. The van der Waals surface area contributed by atoms with E-state index in [1.807, 2.05) is 0 Å². The van der Waals surface area contributed by atoms with Crippen LogP contribution >= 0.6 is 11.6 Å². The van der Waals surface area contributed by atoms with E-state index in [-0.39, 0.29) is 28.3 Å². The van der Waals surface area contributed by atoms with Crippen molar-refractivity contribution < 1.29 is 9.18 Å². The second-order valence-electron chi connectivity index (χ2n) is 8.83. The number of H-pyrrole nitrogens is 1. The number of hydrogen-bond donors (Lipinski definition) is 3. The molecule has 0 saturated carbocycles. The Morgan fingerprint density at radius 3 is 2.81 bits per heavy atom. The third-order valence-electron chi connectivity index (χ3n) is 6.46. The van der Waals surface area contributed by atoms with Gasteiger partial charge in [-0.1, -0.05) is 23.7 Å². The number of rotatable bonds is 4. The molecule has 0 fully saturated rings. The summed E-state index contributed by atoms with van der Waals surface area (Å²) in [7, 11) is 0. The highest BCUT2D eigenvalue weighted by atomic mass is 35.5. The number of halogens is 2. The number of nitrogens with two attached hydrogens (primary N) is 1. The van der Waals surface area contributed by atoms with Crippen molar-refractivity contribution in [3.63, 3.8) is 0 Å². The van der Waals surface area contributed by atoms with E-state index in [0.29, 0.717) is 34.7 Å². The zero-order chi connectivity index (χ0) is 25.9. The minimum absolute atomic E-state index is 0.000520. The molecule has 0 aliphatic carbocycles. The number of nitrogen functional groups attached to an aromatic ring is 1. The van der Waals surface area contributed by atoms with E-state index in [4.69, 9.17) is 22.3 Å². The molecule has 1 aromatic carbocycles. The summed E-state index contributed by atoms with van der Waals surface area (Å²) in [5, 5.41) is 2.75. The van der Waals surface area contributed by atoms with Gasteiger partial charge in [-0.15, -0.1) is 0 Å². The molecule has 10 nitrogen and oxygen atoms in total. The summed E-state index contributed by atoms with van der Waals surface area (Å²) in [6.45, 7) is 1.62. The fourth-order valence-electron chi connectivity index (χ4n) is 4.59. The summed E-state index contributed by atoms with van der Waals surface area (Å²) in [5.74, 6) is -0.325. The number of anilines is 2. The molecular weight excluding hydrogens is 499 g/mol. The smallest absolute Gasteiger partial charge is 0.242 e. The van der Waals surface area contributed by atoms with Crippen LogP contribution < -0.4 is 16.5 Å². The fraction of sp³-hybridized carbons (Fsp3) is 0.120. The summed E-state index contributed by atoms with van der Waals surface area (Å²) >= 11 is 5.87. The van der Waals surface area contributed by atoms with E-state index >= 15 is 0 Å². The second-order valence-corrected chi connectivity index (χ2v) is 9.24. The predicted molar refractivity (Wildman–Crippen MR) is 135 cm³/mol. The summed E-state index contributed by atoms with van der Waals surface area (Å²) in [6.07, 6.45) is 6.73. The third-order valence-corrected chi connectivity index (χ3v) is 6.76. The highest BCUT2D eigenvalue weighted by molar-refractivity contribution is 6.30. The maximum atomic E-state index is 13.8. The molecule has 1 aliphatic heterocycles. The van der Waals surface area contributed by atoms with Gasteiger partial charge in [-0.3, -0.25) is 9.59 Å². The number of carbonyl (C=O) groups excluding carboxylic acids is 1. The van der Waals surface area contributed by atoms with Crippen LogP contribution in [0.1, 0.15) is 29.4 Å². The first-order chi connectivity index (χ1) is 17.7. The number of imidazole rings is 1. The molecule has 0 spiro atoms. The first-order valence-corrected chi connectivity index (χ1v) is 11.6. The van der Waals surface area contributed by atoms with Crippen LogP contribution in [0.4, 0.5) is 16.0 Å². The monoisotopic (exact) mass is 516 g/mol. The average Bonchev–Trinajstić information content (AvgIpc) is 3.44. The molecule has 0 unspecified atom stereocenters. The maximum absolute atomic E-state index is 13.8. The number of aromatic nitrogens is 6. The Balaban J connectivity index is 1.47. The number of aromatic amines is 1. The van der Waals surface area contributed by atoms with Crippen LogP contribution in [0.25, 0.3) is 17.2 Å². The molecule has 0 saturated heterocycles. The highest BCUT2D eigenvalue weighted by Gasteiger charge is 2.48. The van der Waals surface area contributed by atoms with E-state index in [1.54, 1.807) is 42.0 Å². The number of amides is 1. The van der Waals surface area contributed by atoms with Gasteiger partial charge in [0, 0.05) is 43.0 Å². The van der Waals surface area contributed by atoms with Gasteiger partial charge in [0.25, 0.3) is 0 Å². The molecule has 0 radical (unpaired) electrons. The maximum Gasteiger partial charge on any atom is 0.242 e. The Kier molecular flexibility index (Phi) is 5.06.